The summed E-state index contributed by atoms with van der Waals surface area (Å²) in [4.78, 5) is 2.69. The summed E-state index contributed by atoms with van der Waals surface area (Å²) in [6.45, 7) is 9.12. The number of piperazine rings is 1. The zero-order valence-corrected chi connectivity index (χ0v) is 12.0. The monoisotopic (exact) mass is 252 g/mol. The van der Waals surface area contributed by atoms with Gasteiger partial charge in [-0.1, -0.05) is 12.8 Å². The molecule has 3 nitrogen and oxygen atoms in total. The van der Waals surface area contributed by atoms with Crippen molar-refractivity contribution in [2.45, 2.75) is 69.6 Å². The van der Waals surface area contributed by atoms with Crippen molar-refractivity contribution in [2.24, 2.45) is 0 Å². The van der Waals surface area contributed by atoms with Gasteiger partial charge in [0.15, 0.2) is 0 Å². The lowest BCUT2D eigenvalue weighted by Crippen LogP contribution is -2.64. The molecule has 0 radical (unpaired) electrons. The van der Waals surface area contributed by atoms with Crippen LogP contribution in [0.4, 0.5) is 0 Å². The smallest absolute Gasteiger partial charge is 0.0781 e. The first-order chi connectivity index (χ1) is 8.61. The van der Waals surface area contributed by atoms with Crippen LogP contribution in [0.1, 0.15) is 52.4 Å². The topological polar surface area (TPSA) is 24.5 Å². The fourth-order valence-electron chi connectivity index (χ4n) is 4.08. The van der Waals surface area contributed by atoms with E-state index in [1.54, 1.807) is 0 Å². The van der Waals surface area contributed by atoms with Crippen molar-refractivity contribution in [3.8, 4) is 0 Å². The average Bonchev–Trinajstić information content (AvgIpc) is 2.95. The van der Waals surface area contributed by atoms with Gasteiger partial charge in [-0.2, -0.15) is 0 Å². The molecular formula is C15H28N2O. The van der Waals surface area contributed by atoms with Gasteiger partial charge in [0.2, 0.25) is 0 Å². The summed E-state index contributed by atoms with van der Waals surface area (Å²) in [6, 6.07) is 0.650. The highest BCUT2D eigenvalue weighted by Crippen LogP contribution is 2.35. The first-order valence-corrected chi connectivity index (χ1v) is 7.74. The molecule has 3 heteroatoms. The zero-order valence-electron chi connectivity index (χ0n) is 12.0. The highest BCUT2D eigenvalue weighted by Gasteiger charge is 2.42. The van der Waals surface area contributed by atoms with Gasteiger partial charge in [0.05, 0.1) is 5.60 Å². The van der Waals surface area contributed by atoms with Crippen molar-refractivity contribution in [3.05, 3.63) is 0 Å². The van der Waals surface area contributed by atoms with Crippen LogP contribution in [0.2, 0.25) is 0 Å². The summed E-state index contributed by atoms with van der Waals surface area (Å²) in [5.74, 6) is 0. The Labute approximate surface area is 111 Å². The zero-order chi connectivity index (χ0) is 12.6. The SMILES string of the molecule is CC1CNC2(CCCC2)CN1CC1(C)CCCO1. The van der Waals surface area contributed by atoms with Crippen LogP contribution in [0.3, 0.4) is 0 Å². The van der Waals surface area contributed by atoms with E-state index in [0.717, 1.165) is 19.7 Å². The number of rotatable bonds is 2. The van der Waals surface area contributed by atoms with Gasteiger partial charge >= 0.3 is 0 Å². The molecule has 0 amide bonds. The minimum atomic E-state index is 0.116. The van der Waals surface area contributed by atoms with Gasteiger partial charge in [0, 0.05) is 37.8 Å². The molecular weight excluding hydrogens is 224 g/mol. The molecule has 0 bridgehead atoms. The Balaban J connectivity index is 1.66. The van der Waals surface area contributed by atoms with E-state index in [-0.39, 0.29) is 5.60 Å². The fourth-order valence-corrected chi connectivity index (χ4v) is 4.08. The third kappa shape index (κ3) is 2.45. The quantitative estimate of drug-likeness (QED) is 0.815. The van der Waals surface area contributed by atoms with E-state index in [9.17, 15) is 0 Å². The number of nitrogens with zero attached hydrogens (tertiary/aromatic N) is 1. The minimum absolute atomic E-state index is 0.116. The molecule has 18 heavy (non-hydrogen) atoms. The van der Waals surface area contributed by atoms with Crippen LogP contribution >= 0.6 is 0 Å². The first-order valence-electron chi connectivity index (χ1n) is 7.74. The van der Waals surface area contributed by atoms with Gasteiger partial charge in [-0.25, -0.2) is 0 Å². The standard InChI is InChI=1S/C15H28N2O/c1-13-10-16-15(7-3-4-8-15)12-17(13)11-14(2)6-5-9-18-14/h13,16H,3-12H2,1-2H3. The molecule has 1 spiro atoms. The Morgan fingerprint density at radius 2 is 2.00 bits per heavy atom. The maximum Gasteiger partial charge on any atom is 0.0781 e. The Hall–Kier alpha value is -0.120. The number of hydrogen-bond donors (Lipinski definition) is 1. The maximum atomic E-state index is 5.98. The van der Waals surface area contributed by atoms with E-state index in [1.807, 2.05) is 0 Å². The second-order valence-corrected chi connectivity index (χ2v) is 7.02. The summed E-state index contributed by atoms with van der Waals surface area (Å²) in [5.41, 5.74) is 0.548. The van der Waals surface area contributed by atoms with Crippen molar-refractivity contribution >= 4 is 0 Å². The van der Waals surface area contributed by atoms with E-state index in [0.29, 0.717) is 11.6 Å². The Kier molecular flexibility index (Phi) is 3.41. The molecule has 1 saturated carbocycles. The van der Waals surface area contributed by atoms with Gasteiger partial charge in [-0.15, -0.1) is 0 Å². The maximum absolute atomic E-state index is 5.98. The molecule has 3 rings (SSSR count). The van der Waals surface area contributed by atoms with Crippen molar-refractivity contribution in [2.75, 3.05) is 26.2 Å². The number of hydrogen-bond acceptors (Lipinski definition) is 3. The number of nitrogens with one attached hydrogen (secondary N) is 1. The van der Waals surface area contributed by atoms with Crippen molar-refractivity contribution < 1.29 is 4.74 Å². The van der Waals surface area contributed by atoms with Gasteiger partial charge in [0.25, 0.3) is 0 Å². The van der Waals surface area contributed by atoms with Crippen LogP contribution in [-0.2, 0) is 4.74 Å². The van der Waals surface area contributed by atoms with Crippen molar-refractivity contribution in [3.63, 3.8) is 0 Å². The average molecular weight is 252 g/mol. The first kappa shape index (κ1) is 12.9. The summed E-state index contributed by atoms with van der Waals surface area (Å²) in [6.07, 6.45) is 8.02. The third-order valence-electron chi connectivity index (χ3n) is 5.30. The minimum Gasteiger partial charge on any atom is -0.374 e. The highest BCUT2D eigenvalue weighted by atomic mass is 16.5. The molecule has 0 aromatic rings. The fraction of sp³-hybridized carbons (Fsp3) is 1.00. The van der Waals surface area contributed by atoms with Gasteiger partial charge < -0.3 is 10.1 Å². The molecule has 2 saturated heterocycles. The van der Waals surface area contributed by atoms with Gasteiger partial charge in [-0.05, 0) is 39.5 Å². The van der Waals surface area contributed by atoms with E-state index < -0.39 is 0 Å². The normalized spacial score (nSPS) is 40.7. The summed E-state index contributed by atoms with van der Waals surface area (Å²) in [5, 5.41) is 3.83. The van der Waals surface area contributed by atoms with Crippen LogP contribution in [0, 0.1) is 0 Å². The second kappa shape index (κ2) is 4.77. The lowest BCUT2D eigenvalue weighted by Gasteiger charge is -2.47. The van der Waals surface area contributed by atoms with Crippen LogP contribution in [0.15, 0.2) is 0 Å². The summed E-state index contributed by atoms with van der Waals surface area (Å²) in [7, 11) is 0. The van der Waals surface area contributed by atoms with Crippen molar-refractivity contribution in [1.29, 1.82) is 0 Å². The van der Waals surface area contributed by atoms with E-state index >= 15 is 0 Å². The third-order valence-corrected chi connectivity index (χ3v) is 5.30. The lowest BCUT2D eigenvalue weighted by atomic mass is 9.91. The van der Waals surface area contributed by atoms with Gasteiger partial charge in [0.1, 0.15) is 0 Å². The lowest BCUT2D eigenvalue weighted by molar-refractivity contribution is -0.0340. The van der Waals surface area contributed by atoms with Crippen LogP contribution < -0.4 is 5.32 Å². The predicted octanol–water partition coefficient (Wildman–Crippen LogP) is 2.16. The predicted molar refractivity (Wildman–Crippen MR) is 73.8 cm³/mol. The highest BCUT2D eigenvalue weighted by molar-refractivity contribution is 5.01. The largest absolute Gasteiger partial charge is 0.374 e. The second-order valence-electron chi connectivity index (χ2n) is 7.02. The molecule has 0 aromatic heterocycles. The van der Waals surface area contributed by atoms with Crippen molar-refractivity contribution in [1.82, 2.24) is 10.2 Å². The summed E-state index contributed by atoms with van der Waals surface area (Å²) >= 11 is 0. The molecule has 1 N–H and O–H groups in total. The van der Waals surface area contributed by atoms with E-state index in [4.69, 9.17) is 4.74 Å². The Morgan fingerprint density at radius 1 is 1.22 bits per heavy atom. The molecule has 3 fully saturated rings. The molecule has 104 valence electrons. The number of ether oxygens (including phenoxy) is 1. The van der Waals surface area contributed by atoms with E-state index in [2.05, 4.69) is 24.1 Å². The van der Waals surface area contributed by atoms with Gasteiger partial charge in [-0.3, -0.25) is 4.90 Å². The molecule has 0 aromatic carbocycles. The Morgan fingerprint density at radius 3 is 2.67 bits per heavy atom. The van der Waals surface area contributed by atoms with Crippen LogP contribution in [-0.4, -0.2) is 48.3 Å². The molecule has 3 aliphatic rings. The Bertz CT molecular complexity index is 291. The molecule has 2 aliphatic heterocycles. The summed E-state index contributed by atoms with van der Waals surface area (Å²) < 4.78 is 5.98. The van der Waals surface area contributed by atoms with E-state index in [1.165, 1.54) is 45.1 Å². The molecule has 2 heterocycles. The molecule has 2 unspecified atom stereocenters. The molecule has 1 aliphatic carbocycles. The van der Waals surface area contributed by atoms with Crippen LogP contribution in [0.25, 0.3) is 0 Å². The molecule has 2 atom stereocenters. The van der Waals surface area contributed by atoms with Crippen LogP contribution in [0.5, 0.6) is 0 Å².